The Hall–Kier alpha value is 1.83. The average molecular weight is 243 g/mol. The molecule has 0 aromatic rings. The van der Waals surface area contributed by atoms with Gasteiger partial charge in [0.1, 0.15) is 5.37 Å². The largest absolute Gasteiger partial charge is 1.00 e. The Morgan fingerprint density at radius 3 is 2.14 bits per heavy atom. The Balaban J connectivity index is -0.000000180. The number of hydrogen-bond acceptors (Lipinski definition) is 4. The summed E-state index contributed by atoms with van der Waals surface area (Å²) in [6.45, 7) is 3.64. The third-order valence-electron chi connectivity index (χ3n) is 1.99. The van der Waals surface area contributed by atoms with Crippen LogP contribution in [0.25, 0.3) is 0 Å². The Labute approximate surface area is 132 Å². The summed E-state index contributed by atoms with van der Waals surface area (Å²) in [6, 6.07) is 0. The van der Waals surface area contributed by atoms with Gasteiger partial charge in [0.25, 0.3) is 10.1 Å². The van der Waals surface area contributed by atoms with Gasteiger partial charge in [-0.25, -0.2) is 0 Å². The van der Waals surface area contributed by atoms with Crippen LogP contribution < -0.4 is 59.1 Å². The van der Waals surface area contributed by atoms with Crippen molar-refractivity contribution in [2.45, 2.75) is 12.3 Å². The minimum atomic E-state index is -3.93. The van der Waals surface area contributed by atoms with Crippen molar-refractivity contribution in [2.24, 2.45) is 0 Å². The fraction of sp³-hybridized carbons (Fsp3) is 1.00. The second-order valence-corrected chi connectivity index (χ2v) is 4.47. The van der Waals surface area contributed by atoms with Crippen LogP contribution in [0, 0.1) is 0 Å². The monoisotopic (exact) mass is 243 g/mol. The minimum absolute atomic E-state index is 0. The molecule has 0 radical (unpaired) electrons. The number of morpholine rings is 1. The molecule has 76 valence electrons. The van der Waals surface area contributed by atoms with Gasteiger partial charge in [-0.3, -0.25) is 9.45 Å². The number of hydrogen-bond donors (Lipinski definition) is 1. The van der Waals surface area contributed by atoms with Gasteiger partial charge in [0.05, 0.1) is 13.2 Å². The van der Waals surface area contributed by atoms with E-state index in [1.807, 2.05) is 0 Å². The number of rotatable bonds is 2. The smallest absolute Gasteiger partial charge is 1.00 e. The van der Waals surface area contributed by atoms with Gasteiger partial charge in [-0.1, -0.05) is 0 Å². The van der Waals surface area contributed by atoms with Gasteiger partial charge in [0, 0.05) is 13.1 Å². The van der Waals surface area contributed by atoms with Crippen LogP contribution in [0.2, 0.25) is 0 Å². The van der Waals surface area contributed by atoms with E-state index in [1.165, 1.54) is 6.92 Å². The van der Waals surface area contributed by atoms with E-state index in [4.69, 9.17) is 9.29 Å². The molecule has 14 heavy (non-hydrogen) atoms. The fourth-order valence-electron chi connectivity index (χ4n) is 1.13. The molecule has 1 aliphatic heterocycles. The van der Waals surface area contributed by atoms with Crippen LogP contribution in [0.3, 0.4) is 0 Å². The fourth-order valence-corrected chi connectivity index (χ4v) is 1.72. The van der Waals surface area contributed by atoms with Crippen molar-refractivity contribution in [3.8, 4) is 0 Å². The normalized spacial score (nSPS) is 20.4. The van der Waals surface area contributed by atoms with Crippen LogP contribution in [0.4, 0.5) is 0 Å². The molecule has 0 aromatic carbocycles. The van der Waals surface area contributed by atoms with Crippen molar-refractivity contribution < 1.29 is 79.7 Å². The van der Waals surface area contributed by atoms with E-state index in [1.54, 1.807) is 4.90 Å². The SMILES string of the molecule is CC(N1CCOCC1)S(=O)(=O)O.[H-].[H-].[Na+].[Na+]. The van der Waals surface area contributed by atoms with Crippen molar-refractivity contribution in [1.29, 1.82) is 0 Å². The number of nitrogens with zero attached hydrogens (tertiary/aromatic N) is 1. The van der Waals surface area contributed by atoms with Crippen LogP contribution in [-0.4, -0.2) is 49.5 Å². The molecule has 1 unspecified atom stereocenters. The van der Waals surface area contributed by atoms with E-state index in [-0.39, 0.29) is 62.0 Å². The molecule has 5 nitrogen and oxygen atoms in total. The quantitative estimate of drug-likeness (QED) is 0.386. The maximum Gasteiger partial charge on any atom is 1.00 e. The van der Waals surface area contributed by atoms with Crippen molar-refractivity contribution in [3.05, 3.63) is 0 Å². The summed E-state index contributed by atoms with van der Waals surface area (Å²) in [7, 11) is -3.93. The van der Waals surface area contributed by atoms with Crippen LogP contribution in [0.1, 0.15) is 9.78 Å². The van der Waals surface area contributed by atoms with Crippen molar-refractivity contribution in [3.63, 3.8) is 0 Å². The molecule has 0 aromatic heterocycles. The molecule has 0 amide bonds. The summed E-state index contributed by atoms with van der Waals surface area (Å²) in [5.74, 6) is 0. The second-order valence-electron chi connectivity index (χ2n) is 2.76. The van der Waals surface area contributed by atoms with Gasteiger partial charge in [0.15, 0.2) is 0 Å². The van der Waals surface area contributed by atoms with Crippen LogP contribution in [0.15, 0.2) is 0 Å². The Morgan fingerprint density at radius 2 is 1.79 bits per heavy atom. The summed E-state index contributed by atoms with van der Waals surface area (Å²) in [5.41, 5.74) is 0. The molecule has 1 atom stereocenters. The topological polar surface area (TPSA) is 66.8 Å². The first-order chi connectivity index (χ1) is 5.52. The van der Waals surface area contributed by atoms with E-state index in [2.05, 4.69) is 0 Å². The van der Waals surface area contributed by atoms with Gasteiger partial charge in [0.2, 0.25) is 0 Å². The second kappa shape index (κ2) is 8.00. The first-order valence-electron chi connectivity index (χ1n) is 3.80. The predicted octanol–water partition coefficient (Wildman–Crippen LogP) is -6.21. The Morgan fingerprint density at radius 1 is 1.36 bits per heavy atom. The summed E-state index contributed by atoms with van der Waals surface area (Å²) >= 11 is 0. The third kappa shape index (κ3) is 5.79. The summed E-state index contributed by atoms with van der Waals surface area (Å²) in [6.07, 6.45) is 0. The molecule has 0 spiro atoms. The van der Waals surface area contributed by atoms with Crippen LogP contribution >= 0.6 is 0 Å². The standard InChI is InChI=1S/C6H13NO4S.2Na.2H/c1-6(12(8,9)10)7-2-4-11-5-3-7;;;;/h6H,2-5H2,1H3,(H,8,9,10);;;;/q;2*+1;2*-1. The minimum Gasteiger partial charge on any atom is -1.00 e. The molecule has 1 rings (SSSR count). The van der Waals surface area contributed by atoms with Gasteiger partial charge >= 0.3 is 59.1 Å². The Kier molecular flexibility index (Phi) is 10.4. The molecular formula is C6H15NNa2O4S. The molecule has 0 bridgehead atoms. The van der Waals surface area contributed by atoms with Gasteiger partial charge < -0.3 is 7.59 Å². The zero-order valence-electron chi connectivity index (χ0n) is 10.9. The molecule has 8 heteroatoms. The average Bonchev–Trinajstić information content (AvgIpc) is 2.03. The van der Waals surface area contributed by atoms with Crippen LogP contribution in [-0.2, 0) is 14.9 Å². The van der Waals surface area contributed by atoms with Crippen molar-refractivity contribution in [1.82, 2.24) is 4.90 Å². The maximum absolute atomic E-state index is 10.7. The first kappa shape index (κ1) is 18.2. The van der Waals surface area contributed by atoms with E-state index < -0.39 is 15.5 Å². The first-order valence-corrected chi connectivity index (χ1v) is 5.30. The predicted molar refractivity (Wildman–Crippen MR) is 45.6 cm³/mol. The Bertz CT molecular complexity index is 249. The summed E-state index contributed by atoms with van der Waals surface area (Å²) in [4.78, 5) is 1.68. The zero-order valence-corrected chi connectivity index (χ0v) is 13.7. The van der Waals surface area contributed by atoms with Gasteiger partial charge in [-0.05, 0) is 6.92 Å². The molecule has 0 saturated carbocycles. The van der Waals surface area contributed by atoms with Crippen molar-refractivity contribution >= 4 is 10.1 Å². The molecule has 1 aliphatic rings. The maximum atomic E-state index is 10.7. The molecule has 1 heterocycles. The molecule has 1 N–H and O–H groups in total. The van der Waals surface area contributed by atoms with E-state index in [0.717, 1.165) is 0 Å². The summed E-state index contributed by atoms with van der Waals surface area (Å²) < 4.78 is 35.2. The molecule has 1 fully saturated rings. The molecule has 0 aliphatic carbocycles. The van der Waals surface area contributed by atoms with E-state index >= 15 is 0 Å². The van der Waals surface area contributed by atoms with Gasteiger partial charge in [-0.2, -0.15) is 8.42 Å². The zero-order chi connectivity index (χ0) is 9.19. The third-order valence-corrected chi connectivity index (χ3v) is 3.15. The number of ether oxygens (including phenoxy) is 1. The summed E-state index contributed by atoms with van der Waals surface area (Å²) in [5, 5.41) is -0.818. The van der Waals surface area contributed by atoms with E-state index in [9.17, 15) is 8.42 Å². The van der Waals surface area contributed by atoms with E-state index in [0.29, 0.717) is 26.3 Å². The molecule has 1 saturated heterocycles. The van der Waals surface area contributed by atoms with Gasteiger partial charge in [-0.15, -0.1) is 0 Å². The van der Waals surface area contributed by atoms with Crippen molar-refractivity contribution in [2.75, 3.05) is 26.3 Å². The molecular weight excluding hydrogens is 228 g/mol. The van der Waals surface area contributed by atoms with Crippen LogP contribution in [0.5, 0.6) is 0 Å².